The van der Waals surface area contributed by atoms with Gasteiger partial charge in [0.2, 0.25) is 0 Å². The normalized spacial score (nSPS) is 16.9. The monoisotopic (exact) mass is 306 g/mol. The number of methoxy groups -OCH3 is 3. The van der Waals surface area contributed by atoms with Crippen LogP contribution in [-0.2, 0) is 9.53 Å². The van der Waals surface area contributed by atoms with Crippen LogP contribution in [-0.4, -0.2) is 39.9 Å². The summed E-state index contributed by atoms with van der Waals surface area (Å²) in [5, 5.41) is 3.71. The van der Waals surface area contributed by atoms with E-state index < -0.39 is 6.04 Å². The second kappa shape index (κ2) is 6.91. The summed E-state index contributed by atoms with van der Waals surface area (Å²) in [5.41, 5.74) is 9.79. The molecule has 2 rings (SSSR count). The van der Waals surface area contributed by atoms with E-state index in [1.807, 2.05) is 4.90 Å². The summed E-state index contributed by atoms with van der Waals surface area (Å²) in [4.78, 5) is 16.6. The smallest absolute Gasteiger partial charge is 0.328 e. The number of rotatable bonds is 5. The largest absolute Gasteiger partial charge is 0.493 e. The second-order valence-corrected chi connectivity index (χ2v) is 4.76. The van der Waals surface area contributed by atoms with E-state index in [4.69, 9.17) is 19.7 Å². The molecule has 1 aliphatic rings. The third-order valence-electron chi connectivity index (χ3n) is 3.67. The van der Waals surface area contributed by atoms with Crippen molar-refractivity contribution < 1.29 is 19.0 Å². The number of anilines is 1. The third kappa shape index (κ3) is 2.87. The molecule has 0 spiro atoms. The van der Waals surface area contributed by atoms with Gasteiger partial charge in [0.05, 0.1) is 32.7 Å². The van der Waals surface area contributed by atoms with Crippen LogP contribution in [0.15, 0.2) is 17.2 Å². The van der Waals surface area contributed by atoms with E-state index in [2.05, 4.69) is 10.0 Å². The summed E-state index contributed by atoms with van der Waals surface area (Å²) in [6.45, 7) is 0.670. The van der Waals surface area contributed by atoms with E-state index >= 15 is 0 Å². The Morgan fingerprint density at radius 3 is 2.59 bits per heavy atom. The molecule has 8 nitrogen and oxygen atoms in total. The fraction of sp³-hybridized carbons (Fsp3) is 0.500. The summed E-state index contributed by atoms with van der Waals surface area (Å²) >= 11 is 0. The van der Waals surface area contributed by atoms with Gasteiger partial charge < -0.3 is 19.1 Å². The average molecular weight is 306 g/mol. The highest BCUT2D eigenvalue weighted by Gasteiger charge is 2.33. The Labute approximate surface area is 128 Å². The fourth-order valence-electron chi connectivity index (χ4n) is 2.65. The number of carbonyl (C=O) groups excluding carboxylic acids is 1. The van der Waals surface area contributed by atoms with E-state index in [-0.39, 0.29) is 5.97 Å². The number of hydrogen-bond acceptors (Lipinski definition) is 6. The first-order valence-corrected chi connectivity index (χ1v) is 6.81. The Morgan fingerprint density at radius 1 is 1.32 bits per heavy atom. The molecule has 118 valence electrons. The van der Waals surface area contributed by atoms with Crippen molar-refractivity contribution in [2.24, 2.45) is 5.11 Å². The SMILES string of the molecule is COC(=O)[C@@H]1CCCN1c1cc(OC)c(OC)cc1N=[N+]=[N-]. The maximum absolute atomic E-state index is 11.9. The topological polar surface area (TPSA) is 96.8 Å². The first-order valence-electron chi connectivity index (χ1n) is 6.81. The van der Waals surface area contributed by atoms with Gasteiger partial charge in [-0.2, -0.15) is 0 Å². The van der Waals surface area contributed by atoms with Crippen molar-refractivity contribution in [3.8, 4) is 11.5 Å². The first-order chi connectivity index (χ1) is 10.7. The van der Waals surface area contributed by atoms with Gasteiger partial charge in [0.25, 0.3) is 0 Å². The van der Waals surface area contributed by atoms with Gasteiger partial charge in [-0.05, 0) is 24.4 Å². The maximum Gasteiger partial charge on any atom is 0.328 e. The fourth-order valence-corrected chi connectivity index (χ4v) is 2.65. The summed E-state index contributed by atoms with van der Waals surface area (Å²) in [6, 6.07) is 2.92. The number of hydrogen-bond donors (Lipinski definition) is 0. The van der Waals surface area contributed by atoms with Crippen LogP contribution in [0.1, 0.15) is 12.8 Å². The molecule has 1 saturated heterocycles. The van der Waals surface area contributed by atoms with Crippen molar-refractivity contribution in [3.05, 3.63) is 22.6 Å². The van der Waals surface area contributed by atoms with Crippen molar-refractivity contribution in [2.45, 2.75) is 18.9 Å². The Kier molecular flexibility index (Phi) is 4.95. The zero-order chi connectivity index (χ0) is 16.1. The molecule has 1 heterocycles. The minimum Gasteiger partial charge on any atom is -0.493 e. The predicted molar refractivity (Wildman–Crippen MR) is 80.7 cm³/mol. The van der Waals surface area contributed by atoms with Crippen LogP contribution < -0.4 is 14.4 Å². The molecule has 0 saturated carbocycles. The van der Waals surface area contributed by atoms with E-state index in [1.165, 1.54) is 21.3 Å². The van der Waals surface area contributed by atoms with Crippen LogP contribution in [0.2, 0.25) is 0 Å². The van der Waals surface area contributed by atoms with Crippen LogP contribution >= 0.6 is 0 Å². The third-order valence-corrected chi connectivity index (χ3v) is 3.67. The Hall–Kier alpha value is -2.60. The van der Waals surface area contributed by atoms with E-state index in [0.717, 1.165) is 6.42 Å². The molecule has 0 radical (unpaired) electrons. The average Bonchev–Trinajstić information content (AvgIpc) is 3.03. The maximum atomic E-state index is 11.9. The lowest BCUT2D eigenvalue weighted by Gasteiger charge is -2.27. The van der Waals surface area contributed by atoms with Gasteiger partial charge in [0, 0.05) is 17.5 Å². The van der Waals surface area contributed by atoms with Gasteiger partial charge in [-0.15, -0.1) is 0 Å². The van der Waals surface area contributed by atoms with Gasteiger partial charge in [-0.25, -0.2) is 4.79 Å². The summed E-state index contributed by atoms with van der Waals surface area (Å²) in [7, 11) is 4.39. The van der Waals surface area contributed by atoms with Crippen molar-refractivity contribution in [1.29, 1.82) is 0 Å². The van der Waals surface area contributed by atoms with E-state index in [9.17, 15) is 4.79 Å². The number of ether oxygens (including phenoxy) is 3. The minimum absolute atomic E-state index is 0.306. The summed E-state index contributed by atoms with van der Waals surface area (Å²) in [5.74, 6) is 0.659. The molecule has 1 aromatic rings. The molecule has 22 heavy (non-hydrogen) atoms. The van der Waals surface area contributed by atoms with Gasteiger partial charge in [-0.1, -0.05) is 5.11 Å². The lowest BCUT2D eigenvalue weighted by molar-refractivity contribution is -0.141. The molecule has 0 amide bonds. The Balaban J connectivity index is 2.52. The highest BCUT2D eigenvalue weighted by Crippen LogP contribution is 2.42. The first kappa shape index (κ1) is 15.8. The lowest BCUT2D eigenvalue weighted by atomic mass is 10.1. The molecular formula is C14H18N4O4. The summed E-state index contributed by atoms with van der Waals surface area (Å²) in [6.07, 6.45) is 1.54. The number of azide groups is 1. The zero-order valence-corrected chi connectivity index (χ0v) is 12.8. The lowest BCUT2D eigenvalue weighted by Crippen LogP contribution is -2.36. The second-order valence-electron chi connectivity index (χ2n) is 4.76. The molecule has 0 aromatic heterocycles. The van der Waals surface area contributed by atoms with Gasteiger partial charge >= 0.3 is 5.97 Å². The number of benzene rings is 1. The van der Waals surface area contributed by atoms with E-state index in [1.54, 1.807) is 12.1 Å². The molecule has 1 aliphatic heterocycles. The van der Waals surface area contributed by atoms with Crippen LogP contribution in [0.25, 0.3) is 10.4 Å². The van der Waals surface area contributed by atoms with Crippen LogP contribution in [0, 0.1) is 0 Å². The van der Waals surface area contributed by atoms with Crippen molar-refractivity contribution in [1.82, 2.24) is 0 Å². The Morgan fingerprint density at radius 2 is 2.00 bits per heavy atom. The van der Waals surface area contributed by atoms with E-state index in [0.29, 0.717) is 35.8 Å². The van der Waals surface area contributed by atoms with Crippen molar-refractivity contribution in [3.63, 3.8) is 0 Å². The van der Waals surface area contributed by atoms with Gasteiger partial charge in [0.15, 0.2) is 11.5 Å². The number of carbonyl (C=O) groups is 1. The number of esters is 1. The summed E-state index contributed by atoms with van der Waals surface area (Å²) < 4.78 is 15.4. The van der Waals surface area contributed by atoms with Crippen LogP contribution in [0.5, 0.6) is 11.5 Å². The quantitative estimate of drug-likeness (QED) is 0.360. The molecule has 1 fully saturated rings. The Bertz CT molecular complexity index is 613. The standard InChI is InChI=1S/C14H18N4O4/c1-20-12-7-9(16-17-15)11(8-13(12)21-2)18-6-4-5-10(18)14(19)22-3/h7-8,10H,4-6H2,1-3H3/t10-/m0/s1. The molecule has 0 aliphatic carbocycles. The molecule has 0 unspecified atom stereocenters. The van der Waals surface area contributed by atoms with Crippen molar-refractivity contribution in [2.75, 3.05) is 32.8 Å². The molecule has 0 N–H and O–H groups in total. The molecule has 1 atom stereocenters. The van der Waals surface area contributed by atoms with Gasteiger partial charge in [-0.3, -0.25) is 0 Å². The van der Waals surface area contributed by atoms with Crippen LogP contribution in [0.4, 0.5) is 11.4 Å². The van der Waals surface area contributed by atoms with Crippen molar-refractivity contribution >= 4 is 17.3 Å². The zero-order valence-electron chi connectivity index (χ0n) is 12.8. The highest BCUT2D eigenvalue weighted by molar-refractivity contribution is 5.84. The molecule has 1 aromatic carbocycles. The van der Waals surface area contributed by atoms with Crippen LogP contribution in [0.3, 0.4) is 0 Å². The highest BCUT2D eigenvalue weighted by atomic mass is 16.5. The number of nitrogens with zero attached hydrogens (tertiary/aromatic N) is 4. The molecule has 8 heteroatoms. The van der Waals surface area contributed by atoms with Gasteiger partial charge in [0.1, 0.15) is 6.04 Å². The minimum atomic E-state index is -0.393. The predicted octanol–water partition coefficient (Wildman–Crippen LogP) is 2.79. The molecular weight excluding hydrogens is 288 g/mol. The molecule has 0 bridgehead atoms.